The van der Waals surface area contributed by atoms with Gasteiger partial charge in [0.15, 0.2) is 5.76 Å². The third-order valence-electron chi connectivity index (χ3n) is 3.24. The summed E-state index contributed by atoms with van der Waals surface area (Å²) in [4.78, 5) is 0.0576. The van der Waals surface area contributed by atoms with E-state index in [0.29, 0.717) is 18.5 Å². The maximum absolute atomic E-state index is 12.3. The second-order valence-corrected chi connectivity index (χ2v) is 6.02. The van der Waals surface area contributed by atoms with E-state index in [-0.39, 0.29) is 17.3 Å². The molecule has 104 valence electrons. The minimum Gasteiger partial charge on any atom is -0.394 e. The zero-order chi connectivity index (χ0) is 14.0. The second-order valence-electron chi connectivity index (χ2n) is 4.40. The third kappa shape index (κ3) is 2.73. The van der Waals surface area contributed by atoms with Gasteiger partial charge < -0.3 is 9.63 Å². The summed E-state index contributed by atoms with van der Waals surface area (Å²) in [6.45, 7) is 6.53. The molecule has 1 aromatic rings. The predicted molar refractivity (Wildman–Crippen MR) is 66.7 cm³/mol. The van der Waals surface area contributed by atoms with E-state index in [1.807, 2.05) is 13.8 Å². The number of aliphatic hydroxyl groups excluding tert-OH is 1. The molecule has 0 bridgehead atoms. The third-order valence-corrected chi connectivity index (χ3v) is 5.07. The highest BCUT2D eigenvalue weighted by Crippen LogP contribution is 2.23. The Morgan fingerprint density at radius 2 is 1.89 bits per heavy atom. The van der Waals surface area contributed by atoms with Crippen LogP contribution in [0.15, 0.2) is 9.42 Å². The molecule has 0 radical (unpaired) electrons. The molecule has 0 amide bonds. The Hall–Kier alpha value is -0.920. The van der Waals surface area contributed by atoms with Crippen LogP contribution < -0.4 is 4.72 Å². The van der Waals surface area contributed by atoms with Crippen molar-refractivity contribution >= 4 is 10.0 Å². The van der Waals surface area contributed by atoms with Gasteiger partial charge in [-0.15, -0.1) is 0 Å². The van der Waals surface area contributed by atoms with Crippen LogP contribution in [0.4, 0.5) is 0 Å². The molecule has 18 heavy (non-hydrogen) atoms. The van der Waals surface area contributed by atoms with Crippen molar-refractivity contribution in [3.63, 3.8) is 0 Å². The van der Waals surface area contributed by atoms with Crippen molar-refractivity contribution in [3.8, 4) is 0 Å². The van der Waals surface area contributed by atoms with Crippen LogP contribution in [0, 0.1) is 13.8 Å². The van der Waals surface area contributed by atoms with Gasteiger partial charge >= 0.3 is 0 Å². The normalized spacial score (nSPS) is 12.9. The number of aryl methyl sites for hydroxylation is 2. The first-order valence-corrected chi connectivity index (χ1v) is 7.38. The molecule has 0 unspecified atom stereocenters. The summed E-state index contributed by atoms with van der Waals surface area (Å²) in [7, 11) is -3.74. The fourth-order valence-corrected chi connectivity index (χ4v) is 3.71. The summed E-state index contributed by atoms with van der Waals surface area (Å²) >= 11 is 0. The SMILES string of the molecule is CCC(CC)(CO)NS(=O)(=O)c1c(C)noc1C. The first-order valence-electron chi connectivity index (χ1n) is 5.89. The van der Waals surface area contributed by atoms with Crippen LogP contribution in [-0.2, 0) is 10.0 Å². The topological polar surface area (TPSA) is 92.4 Å². The lowest BCUT2D eigenvalue weighted by molar-refractivity contribution is 0.172. The summed E-state index contributed by atoms with van der Waals surface area (Å²) in [5.41, 5.74) is -0.520. The quantitative estimate of drug-likeness (QED) is 0.812. The van der Waals surface area contributed by atoms with Crippen LogP contribution in [0.1, 0.15) is 38.1 Å². The van der Waals surface area contributed by atoms with Crippen molar-refractivity contribution < 1.29 is 18.0 Å². The maximum atomic E-state index is 12.3. The molecular weight excluding hydrogens is 256 g/mol. The Labute approximate surface area is 107 Å². The van der Waals surface area contributed by atoms with Gasteiger partial charge in [-0.25, -0.2) is 13.1 Å². The fourth-order valence-electron chi connectivity index (χ4n) is 1.84. The summed E-state index contributed by atoms with van der Waals surface area (Å²) < 4.78 is 32.0. The van der Waals surface area contributed by atoms with E-state index in [0.717, 1.165) is 0 Å². The van der Waals surface area contributed by atoms with Crippen molar-refractivity contribution in [2.75, 3.05) is 6.61 Å². The molecule has 0 fully saturated rings. The molecule has 0 aliphatic carbocycles. The van der Waals surface area contributed by atoms with E-state index in [1.165, 1.54) is 0 Å². The van der Waals surface area contributed by atoms with E-state index in [4.69, 9.17) is 4.52 Å². The van der Waals surface area contributed by atoms with E-state index in [2.05, 4.69) is 9.88 Å². The second kappa shape index (κ2) is 5.38. The fraction of sp³-hybridized carbons (Fsp3) is 0.727. The summed E-state index contributed by atoms with van der Waals surface area (Å²) in [5.74, 6) is 0.249. The molecule has 0 atom stereocenters. The minimum atomic E-state index is -3.74. The van der Waals surface area contributed by atoms with Gasteiger partial charge in [-0.2, -0.15) is 0 Å². The first kappa shape index (κ1) is 15.1. The number of nitrogens with zero attached hydrogens (tertiary/aromatic N) is 1. The largest absolute Gasteiger partial charge is 0.394 e. The van der Waals surface area contributed by atoms with Crippen molar-refractivity contribution in [1.82, 2.24) is 9.88 Å². The zero-order valence-corrected chi connectivity index (χ0v) is 12.0. The highest BCUT2D eigenvalue weighted by Gasteiger charge is 2.34. The molecule has 7 heteroatoms. The molecule has 1 heterocycles. The van der Waals surface area contributed by atoms with E-state index < -0.39 is 15.6 Å². The van der Waals surface area contributed by atoms with Crippen LogP contribution in [0.3, 0.4) is 0 Å². The Morgan fingerprint density at radius 1 is 1.33 bits per heavy atom. The molecule has 0 saturated heterocycles. The maximum Gasteiger partial charge on any atom is 0.246 e. The first-order chi connectivity index (χ1) is 8.32. The number of aromatic nitrogens is 1. The van der Waals surface area contributed by atoms with Gasteiger partial charge in [-0.05, 0) is 26.7 Å². The smallest absolute Gasteiger partial charge is 0.246 e. The van der Waals surface area contributed by atoms with Gasteiger partial charge in [0, 0.05) is 0 Å². The van der Waals surface area contributed by atoms with Crippen molar-refractivity contribution in [2.45, 2.75) is 51.0 Å². The predicted octanol–water partition coefficient (Wildman–Crippen LogP) is 1.12. The molecule has 6 nitrogen and oxygen atoms in total. The molecular formula is C11H20N2O4S. The van der Waals surface area contributed by atoms with Crippen LogP contribution >= 0.6 is 0 Å². The van der Waals surface area contributed by atoms with Crippen LogP contribution in [0.2, 0.25) is 0 Å². The molecule has 0 aliphatic heterocycles. The number of aliphatic hydroxyl groups is 1. The van der Waals surface area contributed by atoms with Gasteiger partial charge in [-0.1, -0.05) is 19.0 Å². The highest BCUT2D eigenvalue weighted by molar-refractivity contribution is 7.89. The van der Waals surface area contributed by atoms with Crippen molar-refractivity contribution in [3.05, 3.63) is 11.5 Å². The molecule has 0 aromatic carbocycles. The summed E-state index contributed by atoms with van der Waals surface area (Å²) in [6, 6.07) is 0. The van der Waals surface area contributed by atoms with Gasteiger partial charge in [0.25, 0.3) is 0 Å². The highest BCUT2D eigenvalue weighted by atomic mass is 32.2. The van der Waals surface area contributed by atoms with E-state index in [9.17, 15) is 13.5 Å². The molecule has 0 saturated carbocycles. The number of rotatable bonds is 6. The molecule has 1 rings (SSSR count). The van der Waals surface area contributed by atoms with Crippen LogP contribution in [-0.4, -0.2) is 30.8 Å². The number of hydrogen-bond donors (Lipinski definition) is 2. The van der Waals surface area contributed by atoms with Gasteiger partial charge in [0.1, 0.15) is 10.6 Å². The van der Waals surface area contributed by atoms with Crippen LogP contribution in [0.25, 0.3) is 0 Å². The Balaban J connectivity index is 3.17. The lowest BCUT2D eigenvalue weighted by atomic mass is 9.96. The van der Waals surface area contributed by atoms with Gasteiger partial charge in [0.2, 0.25) is 10.0 Å². The summed E-state index contributed by atoms with van der Waals surface area (Å²) in [6.07, 6.45) is 1.01. The number of hydrogen-bond acceptors (Lipinski definition) is 5. The number of sulfonamides is 1. The molecule has 0 spiro atoms. The Morgan fingerprint density at radius 3 is 2.22 bits per heavy atom. The zero-order valence-electron chi connectivity index (χ0n) is 11.1. The minimum absolute atomic E-state index is 0.0576. The number of nitrogens with one attached hydrogen (secondary N) is 1. The van der Waals surface area contributed by atoms with E-state index >= 15 is 0 Å². The lowest BCUT2D eigenvalue weighted by Crippen LogP contribution is -2.50. The standard InChI is InChI=1S/C11H20N2O4S/c1-5-11(6-2,7-14)13-18(15,16)10-8(3)12-17-9(10)4/h13-14H,5-7H2,1-4H3. The molecule has 2 N–H and O–H groups in total. The Bertz CT molecular complexity index is 475. The monoisotopic (exact) mass is 276 g/mol. The van der Waals surface area contributed by atoms with Gasteiger partial charge in [-0.3, -0.25) is 0 Å². The van der Waals surface area contributed by atoms with Crippen molar-refractivity contribution in [2.24, 2.45) is 0 Å². The lowest BCUT2D eigenvalue weighted by Gasteiger charge is -2.30. The summed E-state index contributed by atoms with van der Waals surface area (Å²) in [5, 5.41) is 13.0. The van der Waals surface area contributed by atoms with Crippen molar-refractivity contribution in [1.29, 1.82) is 0 Å². The molecule has 1 aromatic heterocycles. The van der Waals surface area contributed by atoms with Gasteiger partial charge in [0.05, 0.1) is 12.1 Å². The van der Waals surface area contributed by atoms with E-state index in [1.54, 1.807) is 13.8 Å². The Kier molecular flexibility index (Phi) is 4.52. The average molecular weight is 276 g/mol. The average Bonchev–Trinajstić information content (AvgIpc) is 2.67. The van der Waals surface area contributed by atoms with Crippen LogP contribution in [0.5, 0.6) is 0 Å². The molecule has 0 aliphatic rings.